The molecule has 2 aromatic carbocycles. The number of nitrogens with one attached hydrogen (secondary N) is 2. The molecule has 2 amide bonds. The number of amides is 2. The molecule has 5 nitrogen and oxygen atoms in total. The number of hydrogen-bond donors (Lipinski definition) is 2. The first-order valence-electron chi connectivity index (χ1n) is 7.48. The Hall–Kier alpha value is -2.53. The third-order valence-corrected chi connectivity index (χ3v) is 3.76. The Labute approximate surface area is 146 Å². The zero-order valence-corrected chi connectivity index (χ0v) is 14.3. The van der Waals surface area contributed by atoms with Crippen molar-refractivity contribution in [1.29, 1.82) is 0 Å². The van der Waals surface area contributed by atoms with Crippen molar-refractivity contribution in [2.75, 3.05) is 19.0 Å². The maximum Gasteiger partial charge on any atom is 0.251 e. The summed E-state index contributed by atoms with van der Waals surface area (Å²) in [5.74, 6) is 0.379. The van der Waals surface area contributed by atoms with E-state index in [9.17, 15) is 9.59 Å². The molecule has 0 radical (unpaired) electrons. The van der Waals surface area contributed by atoms with Crippen molar-refractivity contribution in [1.82, 2.24) is 5.32 Å². The summed E-state index contributed by atoms with van der Waals surface area (Å²) in [6.45, 7) is 1.91. The van der Waals surface area contributed by atoms with Crippen LogP contribution in [0.15, 0.2) is 42.5 Å². The molecule has 0 aromatic heterocycles. The van der Waals surface area contributed by atoms with Crippen LogP contribution >= 0.6 is 11.6 Å². The van der Waals surface area contributed by atoms with Crippen LogP contribution < -0.4 is 15.4 Å². The Bertz CT molecular complexity index is 730. The van der Waals surface area contributed by atoms with Crippen LogP contribution in [0.1, 0.15) is 22.8 Å². The number of halogens is 1. The van der Waals surface area contributed by atoms with Gasteiger partial charge in [-0.3, -0.25) is 9.59 Å². The number of anilines is 1. The number of rotatable bonds is 6. The van der Waals surface area contributed by atoms with E-state index in [4.69, 9.17) is 16.3 Å². The highest BCUT2D eigenvalue weighted by Crippen LogP contribution is 2.22. The third-order valence-electron chi connectivity index (χ3n) is 3.41. The molecule has 6 heteroatoms. The summed E-state index contributed by atoms with van der Waals surface area (Å²) < 4.78 is 5.10. The topological polar surface area (TPSA) is 67.4 Å². The summed E-state index contributed by atoms with van der Waals surface area (Å²) in [5, 5.41) is 6.12. The lowest BCUT2D eigenvalue weighted by molar-refractivity contribution is -0.114. The zero-order valence-electron chi connectivity index (χ0n) is 13.6. The second kappa shape index (κ2) is 8.36. The molecule has 0 aliphatic heterocycles. The molecule has 2 N–H and O–H groups in total. The maximum atomic E-state index is 12.1. The first-order chi connectivity index (χ1) is 11.5. The molecule has 0 heterocycles. The van der Waals surface area contributed by atoms with Gasteiger partial charge in [-0.25, -0.2) is 0 Å². The molecular formula is C18H19ClN2O3. The van der Waals surface area contributed by atoms with Crippen LogP contribution in [-0.4, -0.2) is 25.5 Å². The van der Waals surface area contributed by atoms with Crippen molar-refractivity contribution in [2.24, 2.45) is 0 Å². The van der Waals surface area contributed by atoms with Gasteiger partial charge in [-0.2, -0.15) is 0 Å². The summed E-state index contributed by atoms with van der Waals surface area (Å²) in [6, 6.07) is 12.2. The summed E-state index contributed by atoms with van der Waals surface area (Å²) in [5.41, 5.74) is 2.13. The number of carbonyl (C=O) groups excluding carboxylic acids is 2. The molecule has 0 atom stereocenters. The standard InChI is InChI=1S/C18H19ClN2O3/c1-12(22)21-15-6-3-14(4-7-15)18(23)20-10-9-13-5-8-16(24-2)11-17(13)19/h3-8,11H,9-10H2,1-2H3,(H,20,23)(H,21,22). The summed E-state index contributed by atoms with van der Waals surface area (Å²) in [6.07, 6.45) is 0.624. The molecule has 0 spiro atoms. The fourth-order valence-corrected chi connectivity index (χ4v) is 2.44. The fraction of sp³-hybridized carbons (Fsp3) is 0.222. The SMILES string of the molecule is COc1ccc(CCNC(=O)c2ccc(NC(C)=O)cc2)c(Cl)c1. The van der Waals surface area contributed by atoms with E-state index in [0.717, 1.165) is 5.56 Å². The van der Waals surface area contributed by atoms with Gasteiger partial charge in [0.15, 0.2) is 0 Å². The van der Waals surface area contributed by atoms with Gasteiger partial charge in [0, 0.05) is 29.7 Å². The van der Waals surface area contributed by atoms with Gasteiger partial charge in [0.05, 0.1) is 7.11 Å². The highest BCUT2D eigenvalue weighted by molar-refractivity contribution is 6.31. The molecule has 0 saturated carbocycles. The van der Waals surface area contributed by atoms with Crippen molar-refractivity contribution in [3.8, 4) is 5.75 Å². The van der Waals surface area contributed by atoms with Crippen LogP contribution in [0, 0.1) is 0 Å². The van der Waals surface area contributed by atoms with E-state index in [1.165, 1.54) is 6.92 Å². The van der Waals surface area contributed by atoms with Gasteiger partial charge in [0.2, 0.25) is 5.91 Å². The number of ether oxygens (including phenoxy) is 1. The van der Waals surface area contributed by atoms with Crippen molar-refractivity contribution in [3.63, 3.8) is 0 Å². The minimum absolute atomic E-state index is 0.149. The molecule has 0 bridgehead atoms. The number of hydrogen-bond acceptors (Lipinski definition) is 3. The Morgan fingerprint density at radius 2 is 1.83 bits per heavy atom. The van der Waals surface area contributed by atoms with Crippen molar-refractivity contribution >= 4 is 29.1 Å². The third kappa shape index (κ3) is 4.99. The van der Waals surface area contributed by atoms with Gasteiger partial charge in [-0.05, 0) is 48.4 Å². The van der Waals surface area contributed by atoms with E-state index in [1.807, 2.05) is 12.1 Å². The highest BCUT2D eigenvalue weighted by atomic mass is 35.5. The number of methoxy groups -OCH3 is 1. The van der Waals surface area contributed by atoms with E-state index in [0.29, 0.717) is 35.0 Å². The molecule has 0 aliphatic rings. The van der Waals surface area contributed by atoms with Crippen LogP contribution in [0.2, 0.25) is 5.02 Å². The van der Waals surface area contributed by atoms with E-state index >= 15 is 0 Å². The zero-order chi connectivity index (χ0) is 17.5. The predicted molar refractivity (Wildman–Crippen MR) is 94.8 cm³/mol. The Morgan fingerprint density at radius 1 is 1.12 bits per heavy atom. The second-order valence-electron chi connectivity index (χ2n) is 5.22. The predicted octanol–water partition coefficient (Wildman–Crippen LogP) is 3.28. The summed E-state index contributed by atoms with van der Waals surface area (Å²) in [7, 11) is 1.59. The molecule has 0 unspecified atom stereocenters. The average Bonchev–Trinajstić information content (AvgIpc) is 2.56. The lowest BCUT2D eigenvalue weighted by Gasteiger charge is -2.09. The summed E-state index contributed by atoms with van der Waals surface area (Å²) in [4.78, 5) is 23.1. The first-order valence-corrected chi connectivity index (χ1v) is 7.85. The lowest BCUT2D eigenvalue weighted by Crippen LogP contribution is -2.25. The van der Waals surface area contributed by atoms with Gasteiger partial charge in [-0.15, -0.1) is 0 Å². The van der Waals surface area contributed by atoms with Gasteiger partial charge in [0.1, 0.15) is 5.75 Å². The average molecular weight is 347 g/mol. The monoisotopic (exact) mass is 346 g/mol. The Balaban J connectivity index is 1.88. The van der Waals surface area contributed by atoms with Crippen LogP contribution in [0.25, 0.3) is 0 Å². The van der Waals surface area contributed by atoms with Gasteiger partial charge in [0.25, 0.3) is 5.91 Å². The molecular weight excluding hydrogens is 328 g/mol. The smallest absolute Gasteiger partial charge is 0.251 e. The number of benzene rings is 2. The van der Waals surface area contributed by atoms with E-state index in [1.54, 1.807) is 37.4 Å². The van der Waals surface area contributed by atoms with Gasteiger partial charge >= 0.3 is 0 Å². The molecule has 2 aromatic rings. The van der Waals surface area contributed by atoms with Crippen LogP contribution in [0.3, 0.4) is 0 Å². The highest BCUT2D eigenvalue weighted by Gasteiger charge is 2.07. The van der Waals surface area contributed by atoms with E-state index < -0.39 is 0 Å². The molecule has 0 aliphatic carbocycles. The van der Waals surface area contributed by atoms with Gasteiger partial charge < -0.3 is 15.4 Å². The second-order valence-corrected chi connectivity index (χ2v) is 5.63. The van der Waals surface area contributed by atoms with Crippen molar-refractivity contribution < 1.29 is 14.3 Å². The largest absolute Gasteiger partial charge is 0.497 e. The quantitative estimate of drug-likeness (QED) is 0.843. The van der Waals surface area contributed by atoms with Crippen molar-refractivity contribution in [2.45, 2.75) is 13.3 Å². The number of carbonyl (C=O) groups is 2. The van der Waals surface area contributed by atoms with E-state index in [2.05, 4.69) is 10.6 Å². The lowest BCUT2D eigenvalue weighted by atomic mass is 10.1. The Kier molecular flexibility index (Phi) is 6.21. The van der Waals surface area contributed by atoms with Crippen LogP contribution in [0.5, 0.6) is 5.75 Å². The minimum atomic E-state index is -0.172. The molecule has 0 fully saturated rings. The first kappa shape index (κ1) is 17.8. The fourth-order valence-electron chi connectivity index (χ4n) is 2.18. The normalized spacial score (nSPS) is 10.1. The Morgan fingerprint density at radius 3 is 2.42 bits per heavy atom. The molecule has 0 saturated heterocycles. The maximum absolute atomic E-state index is 12.1. The molecule has 24 heavy (non-hydrogen) atoms. The van der Waals surface area contributed by atoms with Gasteiger partial charge in [-0.1, -0.05) is 17.7 Å². The van der Waals surface area contributed by atoms with E-state index in [-0.39, 0.29) is 11.8 Å². The molecule has 2 rings (SSSR count). The van der Waals surface area contributed by atoms with Crippen molar-refractivity contribution in [3.05, 3.63) is 58.6 Å². The minimum Gasteiger partial charge on any atom is -0.497 e. The molecule has 126 valence electrons. The van der Waals surface area contributed by atoms with Crippen LogP contribution in [-0.2, 0) is 11.2 Å². The van der Waals surface area contributed by atoms with Crippen LogP contribution in [0.4, 0.5) is 5.69 Å². The summed E-state index contributed by atoms with van der Waals surface area (Å²) >= 11 is 6.17.